The molecule has 1 atom stereocenters. The van der Waals surface area contributed by atoms with Crippen molar-refractivity contribution in [3.05, 3.63) is 29.8 Å². The van der Waals surface area contributed by atoms with E-state index in [4.69, 9.17) is 4.74 Å². The van der Waals surface area contributed by atoms with Crippen LogP contribution in [0.3, 0.4) is 0 Å². The van der Waals surface area contributed by atoms with Gasteiger partial charge in [0.15, 0.2) is 0 Å². The van der Waals surface area contributed by atoms with Crippen molar-refractivity contribution in [1.82, 2.24) is 15.5 Å². The third-order valence-corrected chi connectivity index (χ3v) is 4.55. The fourth-order valence-corrected chi connectivity index (χ4v) is 3.25. The molecular weight excluding hydrogens is 410 g/mol. The normalized spacial score (nSPS) is 12.6. The summed E-state index contributed by atoms with van der Waals surface area (Å²) in [5.74, 6) is -0.785. The number of ether oxygens (including phenoxy) is 1. The highest BCUT2D eigenvalue weighted by atomic mass is 16.6. The van der Waals surface area contributed by atoms with E-state index in [9.17, 15) is 19.5 Å². The van der Waals surface area contributed by atoms with E-state index in [1.807, 2.05) is 20.8 Å². The Hall–Kier alpha value is -2.77. The highest BCUT2D eigenvalue weighted by Crippen LogP contribution is 2.30. The maximum atomic E-state index is 13.3. The fraction of sp³-hybridized carbons (Fsp3) is 0.625. The molecule has 0 heterocycles. The largest absolute Gasteiger partial charge is 0.508 e. The van der Waals surface area contributed by atoms with Gasteiger partial charge in [0, 0.05) is 12.1 Å². The van der Waals surface area contributed by atoms with Crippen LogP contribution in [-0.2, 0) is 14.3 Å². The number of nitrogens with one attached hydrogen (secondary N) is 2. The second kappa shape index (κ2) is 11.7. The topological polar surface area (TPSA) is 108 Å². The van der Waals surface area contributed by atoms with Crippen molar-refractivity contribution in [3.63, 3.8) is 0 Å². The van der Waals surface area contributed by atoms with E-state index in [-0.39, 0.29) is 18.2 Å². The zero-order valence-electron chi connectivity index (χ0n) is 20.4. The predicted molar refractivity (Wildman–Crippen MR) is 124 cm³/mol. The van der Waals surface area contributed by atoms with Gasteiger partial charge in [-0.1, -0.05) is 31.9 Å². The maximum absolute atomic E-state index is 13.3. The summed E-state index contributed by atoms with van der Waals surface area (Å²) in [4.78, 5) is 40.0. The molecule has 0 saturated carbocycles. The van der Waals surface area contributed by atoms with E-state index < -0.39 is 29.2 Å². The number of phenols is 1. The minimum atomic E-state index is -0.975. The lowest BCUT2D eigenvalue weighted by atomic mass is 9.96. The molecule has 8 nitrogen and oxygen atoms in total. The van der Waals surface area contributed by atoms with Gasteiger partial charge in [-0.25, -0.2) is 4.79 Å². The first kappa shape index (κ1) is 27.3. The molecule has 0 fully saturated rings. The van der Waals surface area contributed by atoms with E-state index in [0.717, 1.165) is 19.3 Å². The molecule has 0 aliphatic rings. The van der Waals surface area contributed by atoms with E-state index in [2.05, 4.69) is 17.6 Å². The van der Waals surface area contributed by atoms with Gasteiger partial charge >= 0.3 is 6.09 Å². The summed E-state index contributed by atoms with van der Waals surface area (Å²) in [5, 5.41) is 15.4. The highest BCUT2D eigenvalue weighted by molar-refractivity contribution is 5.91. The average molecular weight is 450 g/mol. The van der Waals surface area contributed by atoms with E-state index >= 15 is 0 Å². The number of hydrogen-bond acceptors (Lipinski definition) is 5. The lowest BCUT2D eigenvalue weighted by Crippen LogP contribution is -2.55. The van der Waals surface area contributed by atoms with Gasteiger partial charge in [0.05, 0.1) is 0 Å². The quantitative estimate of drug-likeness (QED) is 0.496. The minimum absolute atomic E-state index is 0.000490. The molecule has 0 spiro atoms. The second-order valence-electron chi connectivity index (χ2n) is 9.79. The summed E-state index contributed by atoms with van der Waals surface area (Å²) in [6.45, 7) is 12.9. The minimum Gasteiger partial charge on any atom is -0.508 e. The van der Waals surface area contributed by atoms with Crippen molar-refractivity contribution in [2.75, 3.05) is 13.1 Å². The summed E-state index contributed by atoms with van der Waals surface area (Å²) >= 11 is 0. The van der Waals surface area contributed by atoms with Crippen LogP contribution < -0.4 is 10.6 Å². The average Bonchev–Trinajstić information content (AvgIpc) is 2.65. The highest BCUT2D eigenvalue weighted by Gasteiger charge is 2.38. The van der Waals surface area contributed by atoms with Crippen LogP contribution in [0.2, 0.25) is 0 Å². The first-order valence-corrected chi connectivity index (χ1v) is 11.1. The molecule has 1 aromatic carbocycles. The van der Waals surface area contributed by atoms with Gasteiger partial charge < -0.3 is 25.4 Å². The van der Waals surface area contributed by atoms with Crippen molar-refractivity contribution >= 4 is 17.9 Å². The van der Waals surface area contributed by atoms with Crippen LogP contribution in [-0.4, -0.2) is 52.1 Å². The molecule has 0 radical (unpaired) electrons. The number of nitrogens with zero attached hydrogens (tertiary/aromatic N) is 1. The number of benzene rings is 1. The molecule has 3 amide bonds. The molecule has 0 aromatic heterocycles. The van der Waals surface area contributed by atoms with Gasteiger partial charge in [0.1, 0.15) is 23.9 Å². The molecule has 0 aliphatic heterocycles. The third-order valence-electron chi connectivity index (χ3n) is 4.55. The smallest absolute Gasteiger partial charge is 0.408 e. The van der Waals surface area contributed by atoms with E-state index in [1.54, 1.807) is 32.9 Å². The Morgan fingerprint density at radius 2 is 1.72 bits per heavy atom. The number of unbranched alkanes of at least 4 members (excludes halogenated alkanes) is 2. The van der Waals surface area contributed by atoms with Crippen molar-refractivity contribution in [2.24, 2.45) is 0 Å². The van der Waals surface area contributed by atoms with Crippen molar-refractivity contribution in [2.45, 2.75) is 84.9 Å². The summed E-state index contributed by atoms with van der Waals surface area (Å²) in [7, 11) is 0. The Morgan fingerprint density at radius 3 is 2.25 bits per heavy atom. The Morgan fingerprint density at radius 1 is 1.06 bits per heavy atom. The predicted octanol–water partition coefficient (Wildman–Crippen LogP) is 3.89. The van der Waals surface area contributed by atoms with Crippen molar-refractivity contribution in [3.8, 4) is 5.75 Å². The number of phenolic OH excluding ortho intramolecular Hbond substituents is 1. The van der Waals surface area contributed by atoms with Gasteiger partial charge in [-0.05, 0) is 65.7 Å². The number of aromatic hydroxyl groups is 1. The number of carbonyl (C=O) groups excluding carboxylic acids is 3. The molecule has 1 unspecified atom stereocenters. The van der Waals surface area contributed by atoms with E-state index in [1.165, 1.54) is 17.0 Å². The van der Waals surface area contributed by atoms with Crippen LogP contribution in [0.4, 0.5) is 4.79 Å². The van der Waals surface area contributed by atoms with Crippen LogP contribution in [0.15, 0.2) is 24.3 Å². The van der Waals surface area contributed by atoms with Crippen LogP contribution in [0.1, 0.15) is 79.3 Å². The number of rotatable bonds is 9. The van der Waals surface area contributed by atoms with Crippen LogP contribution >= 0.6 is 0 Å². The summed E-state index contributed by atoms with van der Waals surface area (Å²) in [5.41, 5.74) is -0.957. The van der Waals surface area contributed by atoms with Crippen LogP contribution in [0.25, 0.3) is 0 Å². The lowest BCUT2D eigenvalue weighted by molar-refractivity contribution is -0.145. The van der Waals surface area contributed by atoms with Crippen molar-refractivity contribution < 1.29 is 24.2 Å². The van der Waals surface area contributed by atoms with Crippen LogP contribution in [0, 0.1) is 0 Å². The molecule has 1 aromatic rings. The summed E-state index contributed by atoms with van der Waals surface area (Å²) in [6, 6.07) is 5.34. The molecule has 0 bridgehead atoms. The number of amides is 3. The molecule has 8 heteroatoms. The Balaban J connectivity index is 3.19. The van der Waals surface area contributed by atoms with Crippen molar-refractivity contribution in [1.29, 1.82) is 0 Å². The first-order valence-electron chi connectivity index (χ1n) is 11.1. The summed E-state index contributed by atoms with van der Waals surface area (Å²) < 4.78 is 5.20. The van der Waals surface area contributed by atoms with Gasteiger partial charge in [-0.15, -0.1) is 0 Å². The van der Waals surface area contributed by atoms with Crippen LogP contribution in [0.5, 0.6) is 5.75 Å². The van der Waals surface area contributed by atoms with Gasteiger partial charge in [0.25, 0.3) is 0 Å². The fourth-order valence-electron chi connectivity index (χ4n) is 3.25. The monoisotopic (exact) mass is 449 g/mol. The van der Waals surface area contributed by atoms with Gasteiger partial charge in [-0.2, -0.15) is 0 Å². The molecule has 180 valence electrons. The molecular formula is C24H39N3O5. The Kier molecular flexibility index (Phi) is 10.0. The van der Waals surface area contributed by atoms with Gasteiger partial charge in [-0.3, -0.25) is 9.59 Å². The lowest BCUT2D eigenvalue weighted by Gasteiger charge is -2.41. The standard InChI is InChI=1S/C24H39N3O5/c1-8-9-10-14-25-21(30)20(17-12-11-13-18(28)15-17)27(23(2,3)4)19(29)16-26-22(31)32-24(5,6)7/h11-13,15,20,28H,8-10,14,16H2,1-7H3,(H,25,30)(H,26,31). The SMILES string of the molecule is CCCCCNC(=O)C(c1cccc(O)c1)N(C(=O)CNC(=O)OC(C)(C)C)C(C)(C)C. The number of hydrogen-bond donors (Lipinski definition) is 3. The van der Waals surface area contributed by atoms with E-state index in [0.29, 0.717) is 12.1 Å². The molecule has 32 heavy (non-hydrogen) atoms. The maximum Gasteiger partial charge on any atom is 0.408 e. The molecule has 0 saturated heterocycles. The molecule has 3 N–H and O–H groups in total. The number of carbonyl (C=O) groups is 3. The Labute approximate surface area is 191 Å². The number of alkyl carbamates (subject to hydrolysis) is 1. The zero-order valence-corrected chi connectivity index (χ0v) is 20.4. The Bertz CT molecular complexity index is 781. The molecule has 0 aliphatic carbocycles. The third kappa shape index (κ3) is 9.16. The zero-order chi connectivity index (χ0) is 24.5. The second-order valence-corrected chi connectivity index (χ2v) is 9.79. The summed E-state index contributed by atoms with van der Waals surface area (Å²) in [6.07, 6.45) is 2.13. The molecule has 1 rings (SSSR count). The van der Waals surface area contributed by atoms with Gasteiger partial charge in [0.2, 0.25) is 11.8 Å². The first-order chi connectivity index (χ1) is 14.8.